The minimum absolute atomic E-state index is 0.000131. The van der Waals surface area contributed by atoms with Crippen molar-refractivity contribution < 1.29 is 24.2 Å². The fraction of sp³-hybridized carbons (Fsp3) is 0.308. The van der Waals surface area contributed by atoms with Crippen molar-refractivity contribution in [1.29, 1.82) is 0 Å². The predicted octanol–water partition coefficient (Wildman–Crippen LogP) is 2.97. The van der Waals surface area contributed by atoms with E-state index in [9.17, 15) is 19.5 Å². The fourth-order valence-electron chi connectivity index (χ4n) is 4.77. The molecular formula is C26H26N4O5. The summed E-state index contributed by atoms with van der Waals surface area (Å²) in [5.74, 6) is -1.21. The average Bonchev–Trinajstić information content (AvgIpc) is 3.43. The number of carbonyl (C=O) groups is 3. The number of benzene rings is 2. The third-order valence-electron chi connectivity index (χ3n) is 6.72. The third kappa shape index (κ3) is 4.25. The summed E-state index contributed by atoms with van der Waals surface area (Å²) in [6.07, 6.45) is 2.61. The third-order valence-corrected chi connectivity index (χ3v) is 6.72. The van der Waals surface area contributed by atoms with Crippen molar-refractivity contribution in [3.63, 3.8) is 0 Å². The monoisotopic (exact) mass is 474 g/mol. The zero-order chi connectivity index (χ0) is 24.6. The molecule has 2 aromatic carbocycles. The molecule has 0 spiro atoms. The maximum atomic E-state index is 12.5. The smallest absolute Gasteiger partial charge is 0.407 e. The summed E-state index contributed by atoms with van der Waals surface area (Å²) in [5.41, 5.74) is 4.01. The summed E-state index contributed by atoms with van der Waals surface area (Å²) in [6, 6.07) is 16.3. The molecule has 0 bridgehead atoms. The molecule has 3 aromatic rings. The van der Waals surface area contributed by atoms with Crippen molar-refractivity contribution in [2.75, 3.05) is 26.2 Å². The van der Waals surface area contributed by atoms with Gasteiger partial charge in [0, 0.05) is 38.3 Å². The van der Waals surface area contributed by atoms with Crippen LogP contribution in [0.25, 0.3) is 11.1 Å². The molecule has 2 N–H and O–H groups in total. The van der Waals surface area contributed by atoms with Gasteiger partial charge in [-0.25, -0.2) is 9.78 Å². The Bertz CT molecular complexity index is 1250. The normalized spacial score (nSPS) is 15.6. The molecule has 9 heteroatoms. The molecule has 180 valence electrons. The van der Waals surface area contributed by atoms with Gasteiger partial charge >= 0.3 is 12.1 Å². The molecule has 0 saturated carbocycles. The summed E-state index contributed by atoms with van der Waals surface area (Å²) in [5, 5.41) is 11.9. The van der Waals surface area contributed by atoms with Crippen LogP contribution in [0.15, 0.2) is 61.1 Å². The number of imidazole rings is 1. The van der Waals surface area contributed by atoms with Gasteiger partial charge in [0.2, 0.25) is 0 Å². The highest BCUT2D eigenvalue weighted by atomic mass is 16.5. The number of carboxylic acid groups (broad SMARTS) is 1. The molecule has 35 heavy (non-hydrogen) atoms. The number of fused-ring (bicyclic) bond motifs is 3. The van der Waals surface area contributed by atoms with E-state index in [1.807, 2.05) is 24.3 Å². The van der Waals surface area contributed by atoms with Gasteiger partial charge in [-0.3, -0.25) is 9.59 Å². The zero-order valence-corrected chi connectivity index (χ0v) is 19.3. The number of carbonyl (C=O) groups excluding carboxylic acids is 2. The Labute approximate surface area is 202 Å². The molecular weight excluding hydrogens is 448 g/mol. The van der Waals surface area contributed by atoms with E-state index in [0.29, 0.717) is 13.1 Å². The van der Waals surface area contributed by atoms with Gasteiger partial charge in [-0.2, -0.15) is 0 Å². The number of aromatic nitrogens is 2. The number of hydrogen-bond donors (Lipinski definition) is 2. The molecule has 2 amide bonds. The van der Waals surface area contributed by atoms with Crippen molar-refractivity contribution in [2.45, 2.75) is 19.4 Å². The molecule has 5 rings (SSSR count). The van der Waals surface area contributed by atoms with E-state index in [4.69, 9.17) is 4.74 Å². The number of nitrogens with one attached hydrogen (secondary N) is 1. The van der Waals surface area contributed by atoms with Gasteiger partial charge in [0.1, 0.15) is 17.7 Å². The lowest BCUT2D eigenvalue weighted by Crippen LogP contribution is -2.60. The zero-order valence-electron chi connectivity index (χ0n) is 19.3. The molecule has 1 fully saturated rings. The van der Waals surface area contributed by atoms with Gasteiger partial charge in [0.25, 0.3) is 5.91 Å². The van der Waals surface area contributed by atoms with Gasteiger partial charge in [-0.05, 0) is 29.2 Å². The first-order valence-electron chi connectivity index (χ1n) is 11.5. The quantitative estimate of drug-likeness (QED) is 0.544. The van der Waals surface area contributed by atoms with E-state index < -0.39 is 17.5 Å². The van der Waals surface area contributed by atoms with Gasteiger partial charge in [-0.1, -0.05) is 48.5 Å². The topological polar surface area (TPSA) is 114 Å². The van der Waals surface area contributed by atoms with Crippen LogP contribution >= 0.6 is 0 Å². The van der Waals surface area contributed by atoms with E-state index in [1.54, 1.807) is 17.7 Å². The summed E-state index contributed by atoms with van der Waals surface area (Å²) >= 11 is 0. The molecule has 9 nitrogen and oxygen atoms in total. The number of ether oxygens (including phenoxy) is 1. The Morgan fingerprint density at radius 3 is 2.34 bits per heavy atom. The van der Waals surface area contributed by atoms with Crippen molar-refractivity contribution in [1.82, 2.24) is 19.8 Å². The summed E-state index contributed by atoms with van der Waals surface area (Å²) < 4.78 is 7.23. The fourth-order valence-corrected chi connectivity index (χ4v) is 4.77. The SMILES string of the molecule is CC1(C(=O)O)CN(C(=O)c2cn(CCNC(=O)OCC3c4ccccc4-c4ccccc43)cn2)C1. The maximum absolute atomic E-state index is 12.5. The first-order valence-corrected chi connectivity index (χ1v) is 11.5. The molecule has 2 aliphatic rings. The van der Waals surface area contributed by atoms with Crippen molar-refractivity contribution >= 4 is 18.0 Å². The molecule has 0 atom stereocenters. The number of carboxylic acids is 1. The van der Waals surface area contributed by atoms with Crippen LogP contribution < -0.4 is 5.32 Å². The van der Waals surface area contributed by atoms with Crippen LogP contribution in [0.5, 0.6) is 0 Å². The number of rotatable bonds is 7. The second kappa shape index (κ2) is 8.90. The number of aliphatic carboxylic acids is 1. The highest BCUT2D eigenvalue weighted by molar-refractivity contribution is 5.94. The molecule has 0 unspecified atom stereocenters. The Morgan fingerprint density at radius 2 is 1.71 bits per heavy atom. The van der Waals surface area contributed by atoms with Crippen LogP contribution in [0.3, 0.4) is 0 Å². The minimum atomic E-state index is -0.911. The van der Waals surface area contributed by atoms with Gasteiger partial charge in [-0.15, -0.1) is 0 Å². The Hall–Kier alpha value is -4.14. The van der Waals surface area contributed by atoms with Crippen LogP contribution in [-0.2, 0) is 16.1 Å². The number of nitrogens with zero attached hydrogens (tertiary/aromatic N) is 3. The Kier molecular flexibility index (Phi) is 5.76. The van der Waals surface area contributed by atoms with E-state index in [1.165, 1.54) is 22.4 Å². The van der Waals surface area contributed by atoms with Crippen molar-refractivity contribution in [2.24, 2.45) is 5.41 Å². The molecule has 1 saturated heterocycles. The number of alkyl carbamates (subject to hydrolysis) is 1. The first kappa shape index (κ1) is 22.6. The summed E-state index contributed by atoms with van der Waals surface area (Å²) in [6.45, 7) is 2.91. The number of amides is 2. The highest BCUT2D eigenvalue weighted by Crippen LogP contribution is 2.44. The van der Waals surface area contributed by atoms with Crippen LogP contribution in [0, 0.1) is 5.41 Å². The van der Waals surface area contributed by atoms with Gasteiger partial charge in [0.15, 0.2) is 0 Å². The lowest BCUT2D eigenvalue weighted by Gasteiger charge is -2.44. The lowest BCUT2D eigenvalue weighted by molar-refractivity contribution is -0.155. The standard InChI is InChI=1S/C26H26N4O5/c1-26(24(32)33)14-30(15-26)23(31)22-12-29(16-28-22)11-10-27-25(34)35-13-21-19-8-4-2-6-17(19)18-7-3-5-9-20(18)21/h2-9,12,16,21H,10-11,13-15H2,1H3,(H,27,34)(H,32,33). The minimum Gasteiger partial charge on any atom is -0.481 e. The highest BCUT2D eigenvalue weighted by Gasteiger charge is 2.47. The van der Waals surface area contributed by atoms with E-state index in [0.717, 1.165) is 11.1 Å². The van der Waals surface area contributed by atoms with Crippen LogP contribution in [0.1, 0.15) is 34.5 Å². The molecule has 0 radical (unpaired) electrons. The van der Waals surface area contributed by atoms with Crippen LogP contribution in [0.2, 0.25) is 0 Å². The Balaban J connectivity index is 1.10. The Morgan fingerprint density at radius 1 is 1.09 bits per heavy atom. The van der Waals surface area contributed by atoms with Gasteiger partial charge in [0.05, 0.1) is 6.33 Å². The number of hydrogen-bond acceptors (Lipinski definition) is 5. The van der Waals surface area contributed by atoms with Crippen molar-refractivity contribution in [3.05, 3.63) is 77.9 Å². The van der Waals surface area contributed by atoms with Gasteiger partial charge < -0.3 is 24.6 Å². The lowest BCUT2D eigenvalue weighted by atomic mass is 9.82. The van der Waals surface area contributed by atoms with Crippen LogP contribution in [-0.4, -0.2) is 63.8 Å². The van der Waals surface area contributed by atoms with Crippen LogP contribution in [0.4, 0.5) is 4.79 Å². The average molecular weight is 475 g/mol. The van der Waals surface area contributed by atoms with E-state index >= 15 is 0 Å². The van der Waals surface area contributed by atoms with E-state index in [-0.39, 0.29) is 37.2 Å². The maximum Gasteiger partial charge on any atom is 0.407 e. The van der Waals surface area contributed by atoms with Crippen molar-refractivity contribution in [3.8, 4) is 11.1 Å². The first-order chi connectivity index (χ1) is 16.9. The predicted molar refractivity (Wildman–Crippen MR) is 127 cm³/mol. The second-order valence-electron chi connectivity index (χ2n) is 9.28. The molecule has 1 aliphatic heterocycles. The molecule has 2 heterocycles. The second-order valence-corrected chi connectivity index (χ2v) is 9.28. The largest absolute Gasteiger partial charge is 0.481 e. The summed E-state index contributed by atoms with van der Waals surface area (Å²) in [7, 11) is 0. The summed E-state index contributed by atoms with van der Waals surface area (Å²) in [4.78, 5) is 41.6. The van der Waals surface area contributed by atoms with E-state index in [2.05, 4.69) is 34.6 Å². The molecule has 1 aromatic heterocycles. The number of likely N-dealkylation sites (tertiary alicyclic amines) is 1. The molecule has 1 aliphatic carbocycles.